The Morgan fingerprint density at radius 2 is 2.00 bits per heavy atom. The summed E-state index contributed by atoms with van der Waals surface area (Å²) in [6.45, 7) is 0. The van der Waals surface area contributed by atoms with Crippen LogP contribution in [0.25, 0.3) is 0 Å². The molecule has 0 aliphatic heterocycles. The first kappa shape index (κ1) is 11.0. The Labute approximate surface area is 84.9 Å². The molecule has 2 nitrogen and oxygen atoms in total. The fourth-order valence-corrected chi connectivity index (χ4v) is 1.41. The highest BCUT2D eigenvalue weighted by Gasteiger charge is 2.11. The number of hydrogen-bond acceptors (Lipinski definition) is 2. The lowest BCUT2D eigenvalue weighted by molar-refractivity contribution is 0.241. The zero-order chi connectivity index (χ0) is 10.7. The number of benzene rings is 1. The molecule has 14 heavy (non-hydrogen) atoms. The molecule has 0 spiro atoms. The molecule has 0 heterocycles. The molecule has 0 radical (unpaired) electrons. The lowest BCUT2D eigenvalue weighted by atomic mass is 10.3. The van der Waals surface area contributed by atoms with Crippen molar-refractivity contribution in [3.05, 3.63) is 29.8 Å². The highest BCUT2D eigenvalue weighted by Crippen LogP contribution is 2.24. The topological polar surface area (TPSA) is 20.3 Å². The van der Waals surface area contributed by atoms with Gasteiger partial charge in [-0.25, -0.2) is 8.78 Å². The third kappa shape index (κ3) is 2.70. The van der Waals surface area contributed by atoms with Crippen LogP contribution in [0, 0.1) is 11.6 Å². The van der Waals surface area contributed by atoms with Crippen LogP contribution in [0.1, 0.15) is 0 Å². The second kappa shape index (κ2) is 4.41. The number of carbonyl (C=O) groups excluding carboxylic acids is 1. The highest BCUT2D eigenvalue weighted by molar-refractivity contribution is 8.13. The Kier molecular flexibility index (Phi) is 3.46. The second-order valence-corrected chi connectivity index (χ2v) is 3.83. The van der Waals surface area contributed by atoms with E-state index >= 15 is 0 Å². The molecule has 76 valence electrons. The summed E-state index contributed by atoms with van der Waals surface area (Å²) in [5.41, 5.74) is 0. The smallest absolute Gasteiger partial charge is 0.286 e. The van der Waals surface area contributed by atoms with E-state index in [1.807, 2.05) is 0 Å². The van der Waals surface area contributed by atoms with E-state index in [1.54, 1.807) is 14.1 Å². The second-order valence-electron chi connectivity index (χ2n) is 2.84. The Morgan fingerprint density at radius 3 is 2.50 bits per heavy atom. The zero-order valence-corrected chi connectivity index (χ0v) is 8.57. The Hall–Kier alpha value is -1.10. The first-order chi connectivity index (χ1) is 6.50. The first-order valence-electron chi connectivity index (χ1n) is 3.85. The van der Waals surface area contributed by atoms with E-state index in [9.17, 15) is 13.6 Å². The summed E-state index contributed by atoms with van der Waals surface area (Å²) in [5.74, 6) is -1.37. The van der Waals surface area contributed by atoms with Crippen LogP contribution in [-0.4, -0.2) is 24.2 Å². The van der Waals surface area contributed by atoms with E-state index in [-0.39, 0.29) is 10.1 Å². The van der Waals surface area contributed by atoms with Crippen molar-refractivity contribution in [1.29, 1.82) is 0 Å². The van der Waals surface area contributed by atoms with Crippen LogP contribution in [0.15, 0.2) is 23.1 Å². The largest absolute Gasteiger partial charge is 0.339 e. The van der Waals surface area contributed by atoms with Crippen LogP contribution in [0.3, 0.4) is 0 Å². The fraction of sp³-hybridized carbons (Fsp3) is 0.222. The lowest BCUT2D eigenvalue weighted by Gasteiger charge is -2.09. The van der Waals surface area contributed by atoms with Gasteiger partial charge in [-0.1, -0.05) is 0 Å². The van der Waals surface area contributed by atoms with E-state index in [0.717, 1.165) is 23.9 Å². The number of halogens is 2. The molecule has 0 atom stereocenters. The van der Waals surface area contributed by atoms with Crippen molar-refractivity contribution in [3.63, 3.8) is 0 Å². The molecule has 0 aliphatic carbocycles. The minimum Gasteiger partial charge on any atom is -0.339 e. The minimum absolute atomic E-state index is 0.130. The molecule has 0 fully saturated rings. The van der Waals surface area contributed by atoms with Crippen molar-refractivity contribution in [2.45, 2.75) is 4.90 Å². The summed E-state index contributed by atoms with van der Waals surface area (Å²) < 4.78 is 25.5. The van der Waals surface area contributed by atoms with E-state index in [4.69, 9.17) is 0 Å². The number of amides is 1. The van der Waals surface area contributed by atoms with Crippen LogP contribution >= 0.6 is 11.8 Å². The molecule has 1 amide bonds. The molecular weight excluding hydrogens is 208 g/mol. The van der Waals surface area contributed by atoms with Gasteiger partial charge >= 0.3 is 0 Å². The number of hydrogen-bond donors (Lipinski definition) is 0. The van der Waals surface area contributed by atoms with Gasteiger partial charge in [-0.15, -0.1) is 0 Å². The third-order valence-corrected chi connectivity index (χ3v) is 2.55. The summed E-state index contributed by atoms with van der Waals surface area (Å²) in [5, 5.41) is -0.296. The van der Waals surface area contributed by atoms with E-state index < -0.39 is 11.6 Å². The molecule has 0 N–H and O–H groups in total. The summed E-state index contributed by atoms with van der Waals surface area (Å²) in [6.07, 6.45) is 0. The van der Waals surface area contributed by atoms with Gasteiger partial charge in [0.25, 0.3) is 5.24 Å². The summed E-state index contributed by atoms with van der Waals surface area (Å²) in [6, 6.07) is 3.12. The average molecular weight is 217 g/mol. The van der Waals surface area contributed by atoms with Gasteiger partial charge in [-0.2, -0.15) is 0 Å². The van der Waals surface area contributed by atoms with E-state index in [2.05, 4.69) is 0 Å². The summed E-state index contributed by atoms with van der Waals surface area (Å²) in [7, 11) is 3.13. The lowest BCUT2D eigenvalue weighted by Crippen LogP contribution is -2.16. The van der Waals surface area contributed by atoms with Crippen LogP contribution in [0.2, 0.25) is 0 Å². The van der Waals surface area contributed by atoms with Crippen molar-refractivity contribution in [2.24, 2.45) is 0 Å². The minimum atomic E-state index is -0.717. The Bertz CT molecular complexity index is 355. The van der Waals surface area contributed by atoms with Gasteiger partial charge < -0.3 is 4.90 Å². The van der Waals surface area contributed by atoms with Crippen molar-refractivity contribution in [3.8, 4) is 0 Å². The predicted octanol–water partition coefficient (Wildman–Crippen LogP) is 2.74. The quantitative estimate of drug-likeness (QED) is 0.674. The number of rotatable bonds is 1. The molecule has 0 aromatic heterocycles. The highest BCUT2D eigenvalue weighted by atomic mass is 32.2. The van der Waals surface area contributed by atoms with E-state index in [1.165, 1.54) is 11.0 Å². The fourth-order valence-electron chi connectivity index (χ4n) is 0.743. The van der Waals surface area contributed by atoms with E-state index in [0.29, 0.717) is 0 Å². The molecule has 0 saturated carbocycles. The third-order valence-electron chi connectivity index (χ3n) is 1.46. The van der Waals surface area contributed by atoms with Crippen molar-refractivity contribution >= 4 is 17.0 Å². The molecule has 1 rings (SSSR count). The zero-order valence-electron chi connectivity index (χ0n) is 7.75. The molecule has 1 aromatic rings. The summed E-state index contributed by atoms with van der Waals surface area (Å²) >= 11 is 0.732. The van der Waals surface area contributed by atoms with Crippen molar-refractivity contribution in [1.82, 2.24) is 4.90 Å². The Morgan fingerprint density at radius 1 is 1.36 bits per heavy atom. The molecule has 0 bridgehead atoms. The number of thioether (sulfide) groups is 1. The predicted molar refractivity (Wildman–Crippen MR) is 51.3 cm³/mol. The Balaban J connectivity index is 2.82. The molecule has 1 aromatic carbocycles. The van der Waals surface area contributed by atoms with Gasteiger partial charge in [0, 0.05) is 20.2 Å². The van der Waals surface area contributed by atoms with Crippen LogP contribution in [0.4, 0.5) is 13.6 Å². The summed E-state index contributed by atoms with van der Waals surface area (Å²) in [4.78, 5) is 12.6. The molecule has 0 aliphatic rings. The SMILES string of the molecule is CN(C)C(=O)Sc1ccc(F)cc1F. The van der Waals surface area contributed by atoms with Gasteiger partial charge in [-0.05, 0) is 23.9 Å². The maximum Gasteiger partial charge on any atom is 0.286 e. The maximum atomic E-state index is 13.0. The van der Waals surface area contributed by atoms with Crippen LogP contribution < -0.4 is 0 Å². The first-order valence-corrected chi connectivity index (χ1v) is 4.66. The normalized spacial score (nSPS) is 10.0. The van der Waals surface area contributed by atoms with Crippen LogP contribution in [0.5, 0.6) is 0 Å². The maximum absolute atomic E-state index is 13.0. The molecular formula is C9H9F2NOS. The van der Waals surface area contributed by atoms with Gasteiger partial charge in [0.1, 0.15) is 11.6 Å². The van der Waals surface area contributed by atoms with Crippen LogP contribution in [-0.2, 0) is 0 Å². The monoisotopic (exact) mass is 217 g/mol. The molecule has 0 unspecified atom stereocenters. The van der Waals surface area contributed by atoms with Gasteiger partial charge in [-0.3, -0.25) is 4.79 Å². The molecule has 0 saturated heterocycles. The molecule has 5 heteroatoms. The number of nitrogens with zero attached hydrogens (tertiary/aromatic N) is 1. The van der Waals surface area contributed by atoms with Gasteiger partial charge in [0.15, 0.2) is 0 Å². The number of carbonyl (C=O) groups is 1. The van der Waals surface area contributed by atoms with Crippen molar-refractivity contribution in [2.75, 3.05) is 14.1 Å². The van der Waals surface area contributed by atoms with Gasteiger partial charge in [0.2, 0.25) is 0 Å². The standard InChI is InChI=1S/C9H9F2NOS/c1-12(2)9(13)14-8-4-3-6(10)5-7(8)11/h3-5H,1-2H3. The average Bonchev–Trinajstić information content (AvgIpc) is 2.09. The van der Waals surface area contributed by atoms with Crippen molar-refractivity contribution < 1.29 is 13.6 Å². The van der Waals surface area contributed by atoms with Gasteiger partial charge in [0.05, 0.1) is 4.90 Å².